The van der Waals surface area contributed by atoms with Crippen LogP contribution in [0.25, 0.3) is 22.3 Å². The highest BCUT2D eigenvalue weighted by Gasteiger charge is 2.31. The third kappa shape index (κ3) is 6.19. The number of aryl methyl sites for hydroxylation is 3. The number of nitrogens with one attached hydrogen (secondary N) is 1. The van der Waals surface area contributed by atoms with Crippen LogP contribution < -0.4 is 10.1 Å². The van der Waals surface area contributed by atoms with Crippen LogP contribution in [0.2, 0.25) is 0 Å². The van der Waals surface area contributed by atoms with Gasteiger partial charge in [-0.3, -0.25) is 15.1 Å². The fourth-order valence-corrected chi connectivity index (χ4v) is 6.34. The molecule has 6 rings (SSSR count). The van der Waals surface area contributed by atoms with Gasteiger partial charge in [-0.15, -0.1) is 0 Å². The van der Waals surface area contributed by atoms with Crippen molar-refractivity contribution >= 4 is 29.0 Å². The van der Waals surface area contributed by atoms with E-state index in [1.54, 1.807) is 15.6 Å². The van der Waals surface area contributed by atoms with Crippen molar-refractivity contribution in [3.8, 4) is 17.1 Å². The molecule has 0 spiro atoms. The van der Waals surface area contributed by atoms with Gasteiger partial charge in [0.1, 0.15) is 5.60 Å². The molecule has 2 aliphatic rings. The molecule has 0 saturated heterocycles. The molecule has 0 aliphatic carbocycles. The molecule has 0 atom stereocenters. The van der Waals surface area contributed by atoms with Crippen molar-refractivity contribution in [2.45, 2.75) is 98.3 Å². The lowest BCUT2D eigenvalue weighted by Crippen LogP contribution is -2.40. The van der Waals surface area contributed by atoms with Gasteiger partial charge in [-0.25, -0.2) is 14.5 Å². The van der Waals surface area contributed by atoms with E-state index in [0.29, 0.717) is 55.7 Å². The molecule has 11 nitrogen and oxygen atoms in total. The summed E-state index contributed by atoms with van der Waals surface area (Å²) < 4.78 is 16.0. The van der Waals surface area contributed by atoms with Crippen molar-refractivity contribution in [3.63, 3.8) is 0 Å². The van der Waals surface area contributed by atoms with Gasteiger partial charge in [-0.1, -0.05) is 26.8 Å². The van der Waals surface area contributed by atoms with Gasteiger partial charge in [0.15, 0.2) is 0 Å². The molecule has 4 aromatic rings. The average Bonchev–Trinajstić information content (AvgIpc) is 3.49. The summed E-state index contributed by atoms with van der Waals surface area (Å²) in [4.78, 5) is 38.3. The highest BCUT2D eigenvalue weighted by Crippen LogP contribution is 2.39. The van der Waals surface area contributed by atoms with Crippen LogP contribution in [0, 0.1) is 6.92 Å². The van der Waals surface area contributed by atoms with E-state index in [1.165, 1.54) is 0 Å². The molecule has 2 amide bonds. The lowest BCUT2D eigenvalue weighted by molar-refractivity contribution is 0.0224. The maximum absolute atomic E-state index is 13.9. The number of hydrogen-bond donors (Lipinski definition) is 1. The Morgan fingerprint density at radius 1 is 1.02 bits per heavy atom. The normalized spacial score (nSPS) is 16.0. The highest BCUT2D eigenvalue weighted by molar-refractivity contribution is 6.05. The molecule has 0 saturated carbocycles. The smallest absolute Gasteiger partial charge is 0.410 e. The molecule has 0 fully saturated rings. The Bertz CT molecular complexity index is 1820. The molecule has 1 aromatic carbocycles. The van der Waals surface area contributed by atoms with E-state index in [0.717, 1.165) is 58.4 Å². The standard InChI is InChI=1S/C35H45N7O4/c1-21-18-23-19-26(36-21)27-29(34(2,3)4)39-40(8)31(27)45-17-11-9-10-15-42-28-24-14-16-41(33(44)46-35(5,6)7)20-22(24)12-13-25(28)37-32(42)38-30(23)43/h12-13,18-19H,9-11,14-17,20H2,1-8H3,(H,37,38,43). The number of nitrogens with zero attached hydrogens (tertiary/aromatic N) is 6. The Morgan fingerprint density at radius 3 is 2.54 bits per heavy atom. The second-order valence-electron chi connectivity index (χ2n) is 14.5. The van der Waals surface area contributed by atoms with Gasteiger partial charge < -0.3 is 18.9 Å². The summed E-state index contributed by atoms with van der Waals surface area (Å²) in [5.74, 6) is 0.921. The Labute approximate surface area is 270 Å². The van der Waals surface area contributed by atoms with Gasteiger partial charge in [0.25, 0.3) is 5.91 Å². The number of benzene rings is 1. The zero-order valence-electron chi connectivity index (χ0n) is 28.3. The minimum absolute atomic E-state index is 0.258. The number of aromatic nitrogens is 5. The van der Waals surface area contributed by atoms with Crippen molar-refractivity contribution in [1.82, 2.24) is 29.2 Å². The zero-order valence-corrected chi connectivity index (χ0v) is 28.3. The molecular formula is C35H45N7O4. The first kappa shape index (κ1) is 31.6. The van der Waals surface area contributed by atoms with E-state index in [2.05, 4.69) is 30.7 Å². The van der Waals surface area contributed by atoms with E-state index in [-0.39, 0.29) is 17.4 Å². The number of carbonyl (C=O) groups is 2. The summed E-state index contributed by atoms with van der Waals surface area (Å²) in [7, 11) is 1.89. The number of rotatable bonds is 0. The third-order valence-electron chi connectivity index (χ3n) is 8.42. The number of hydrogen-bond acceptors (Lipinski definition) is 7. The number of pyridine rings is 1. The first-order valence-corrected chi connectivity index (χ1v) is 16.2. The highest BCUT2D eigenvalue weighted by atomic mass is 16.6. The lowest BCUT2D eigenvalue weighted by atomic mass is 9.88. The molecule has 46 heavy (non-hydrogen) atoms. The topological polar surface area (TPSA) is 116 Å². The SMILES string of the molecule is Cc1cc2cc(n1)-c1c(C(C)(C)C)nn(C)c1OCCCCCn1c(nc3ccc4c(c31)CCN(C(=O)OC(C)(C)C)C4)NC2=O. The summed E-state index contributed by atoms with van der Waals surface area (Å²) in [6.07, 6.45) is 3.04. The van der Waals surface area contributed by atoms with Gasteiger partial charge in [0.2, 0.25) is 11.8 Å². The van der Waals surface area contributed by atoms with E-state index in [9.17, 15) is 9.59 Å². The van der Waals surface area contributed by atoms with E-state index in [1.807, 2.05) is 52.9 Å². The summed E-state index contributed by atoms with van der Waals surface area (Å²) in [5.41, 5.74) is 6.80. The fraction of sp³-hybridized carbons (Fsp3) is 0.514. The Hall–Kier alpha value is -4.41. The predicted molar refractivity (Wildman–Crippen MR) is 177 cm³/mol. The Kier molecular flexibility index (Phi) is 8.06. The average molecular weight is 628 g/mol. The van der Waals surface area contributed by atoms with Crippen molar-refractivity contribution < 1.29 is 19.1 Å². The summed E-state index contributed by atoms with van der Waals surface area (Å²) in [6, 6.07) is 7.64. The van der Waals surface area contributed by atoms with Gasteiger partial charge in [-0.05, 0) is 82.7 Å². The molecular weight excluding hydrogens is 582 g/mol. The maximum Gasteiger partial charge on any atom is 0.410 e. The van der Waals surface area contributed by atoms with Crippen LogP contribution in [-0.2, 0) is 36.7 Å². The van der Waals surface area contributed by atoms with Crippen LogP contribution in [-0.4, -0.2) is 60.0 Å². The quantitative estimate of drug-likeness (QED) is 0.235. The molecule has 2 bridgehead atoms. The molecule has 1 N–H and O–H groups in total. The molecule has 5 heterocycles. The maximum atomic E-state index is 13.9. The number of fused-ring (bicyclic) bond motifs is 9. The zero-order chi connectivity index (χ0) is 33.0. The number of ether oxygens (including phenoxy) is 2. The van der Waals surface area contributed by atoms with Crippen LogP contribution in [0.15, 0.2) is 24.3 Å². The Morgan fingerprint density at radius 2 is 1.80 bits per heavy atom. The monoisotopic (exact) mass is 627 g/mol. The van der Waals surface area contributed by atoms with E-state index < -0.39 is 5.60 Å². The molecule has 2 aliphatic heterocycles. The molecule has 11 heteroatoms. The van der Waals surface area contributed by atoms with Gasteiger partial charge >= 0.3 is 6.09 Å². The number of anilines is 1. The lowest BCUT2D eigenvalue weighted by Gasteiger charge is -2.31. The largest absolute Gasteiger partial charge is 0.477 e. The van der Waals surface area contributed by atoms with E-state index >= 15 is 0 Å². The van der Waals surface area contributed by atoms with Gasteiger partial charge in [0.05, 0.1) is 34.6 Å². The third-order valence-corrected chi connectivity index (χ3v) is 8.42. The molecule has 244 valence electrons. The molecule has 0 unspecified atom stereocenters. The second kappa shape index (κ2) is 11.7. The number of amides is 2. The van der Waals surface area contributed by atoms with Crippen molar-refractivity contribution in [2.24, 2.45) is 7.05 Å². The minimum atomic E-state index is -0.555. The second-order valence-corrected chi connectivity index (χ2v) is 14.5. The van der Waals surface area contributed by atoms with Gasteiger partial charge in [0, 0.05) is 43.4 Å². The van der Waals surface area contributed by atoms with Crippen LogP contribution in [0.1, 0.15) is 93.7 Å². The van der Waals surface area contributed by atoms with Gasteiger partial charge in [-0.2, -0.15) is 5.10 Å². The van der Waals surface area contributed by atoms with Crippen LogP contribution >= 0.6 is 0 Å². The molecule has 3 aromatic heterocycles. The number of imidazole rings is 1. The number of carbonyl (C=O) groups excluding carboxylic acids is 2. The fourth-order valence-electron chi connectivity index (χ4n) is 6.34. The van der Waals surface area contributed by atoms with Crippen molar-refractivity contribution in [2.75, 3.05) is 18.5 Å². The summed E-state index contributed by atoms with van der Waals surface area (Å²) >= 11 is 0. The molecule has 0 radical (unpaired) electrons. The van der Waals surface area contributed by atoms with Crippen molar-refractivity contribution in [3.05, 3.63) is 52.3 Å². The Balaban J connectivity index is 1.40. The van der Waals surface area contributed by atoms with Crippen LogP contribution in [0.5, 0.6) is 5.88 Å². The van der Waals surface area contributed by atoms with Crippen LogP contribution in [0.4, 0.5) is 10.7 Å². The predicted octanol–water partition coefficient (Wildman–Crippen LogP) is 6.55. The first-order valence-electron chi connectivity index (χ1n) is 16.2. The van der Waals surface area contributed by atoms with Crippen molar-refractivity contribution in [1.29, 1.82) is 0 Å². The van der Waals surface area contributed by atoms with E-state index in [4.69, 9.17) is 24.5 Å². The first-order chi connectivity index (χ1) is 21.7. The summed E-state index contributed by atoms with van der Waals surface area (Å²) in [5, 5.41) is 7.97. The summed E-state index contributed by atoms with van der Waals surface area (Å²) in [6.45, 7) is 16.1. The minimum Gasteiger partial charge on any atom is -0.477 e. The van der Waals surface area contributed by atoms with Crippen LogP contribution in [0.3, 0.4) is 0 Å².